The van der Waals surface area contributed by atoms with Crippen molar-refractivity contribution in [3.8, 4) is 11.5 Å². The molecule has 6 nitrogen and oxygen atoms in total. The molecule has 32 heavy (non-hydrogen) atoms. The lowest BCUT2D eigenvalue weighted by atomic mass is 10.1. The van der Waals surface area contributed by atoms with Gasteiger partial charge in [0.05, 0.1) is 23.2 Å². The van der Waals surface area contributed by atoms with Gasteiger partial charge in [-0.2, -0.15) is 0 Å². The number of pyridine rings is 1. The van der Waals surface area contributed by atoms with Gasteiger partial charge in [-0.1, -0.05) is 59.1 Å². The molecule has 0 unspecified atom stereocenters. The lowest BCUT2D eigenvalue weighted by molar-refractivity contribution is 0.100. The van der Waals surface area contributed by atoms with Crippen LogP contribution in [0.1, 0.15) is 21.8 Å². The quantitative estimate of drug-likeness (QED) is 0.273. The summed E-state index contributed by atoms with van der Waals surface area (Å²) in [6, 6.07) is 16.2. The van der Waals surface area contributed by atoms with E-state index in [1.165, 1.54) is 0 Å². The van der Waals surface area contributed by atoms with E-state index < -0.39 is 5.78 Å². The predicted octanol–water partition coefficient (Wildman–Crippen LogP) is 6.33. The molecule has 0 radical (unpaired) electrons. The van der Waals surface area contributed by atoms with E-state index in [1.54, 1.807) is 36.7 Å². The van der Waals surface area contributed by atoms with Crippen LogP contribution in [-0.4, -0.2) is 25.5 Å². The van der Waals surface area contributed by atoms with Gasteiger partial charge >= 0.3 is 0 Å². The molecular formula is C23H13Cl3N4O2. The molecule has 0 atom stereocenters. The highest BCUT2D eigenvalue weighted by molar-refractivity contribution is 6.37. The maximum atomic E-state index is 13.3. The fraction of sp³-hybridized carbons (Fsp3) is 0.0435. The third-order valence-corrected chi connectivity index (χ3v) is 5.99. The number of carbonyl (C=O) groups excluding carboxylic acids is 1. The lowest BCUT2D eigenvalue weighted by Crippen LogP contribution is -2.04. The average Bonchev–Trinajstić information content (AvgIpc) is 3.40. The van der Waals surface area contributed by atoms with Crippen molar-refractivity contribution in [2.24, 2.45) is 0 Å². The van der Waals surface area contributed by atoms with E-state index in [-0.39, 0.29) is 22.5 Å². The largest absolute Gasteiger partial charge is 0.413 e. The van der Waals surface area contributed by atoms with E-state index in [2.05, 4.69) is 15.2 Å². The Labute approximate surface area is 197 Å². The van der Waals surface area contributed by atoms with Crippen molar-refractivity contribution in [3.63, 3.8) is 0 Å². The molecule has 5 aromatic rings. The van der Waals surface area contributed by atoms with E-state index in [1.807, 2.05) is 34.9 Å². The van der Waals surface area contributed by atoms with E-state index in [0.717, 1.165) is 11.1 Å². The van der Waals surface area contributed by atoms with Crippen molar-refractivity contribution in [1.82, 2.24) is 19.7 Å². The molecule has 0 amide bonds. The van der Waals surface area contributed by atoms with Gasteiger partial charge in [0.25, 0.3) is 11.7 Å². The molecule has 0 spiro atoms. The second-order valence-electron chi connectivity index (χ2n) is 6.99. The smallest absolute Gasteiger partial charge is 0.289 e. The Kier molecular flexibility index (Phi) is 5.43. The van der Waals surface area contributed by atoms with Gasteiger partial charge in [-0.25, -0.2) is 0 Å². The summed E-state index contributed by atoms with van der Waals surface area (Å²) in [6.07, 6.45) is 3.21. The molecule has 5 rings (SSSR count). The SMILES string of the molecule is O=C(c1nnc(-c2cccnc2)o1)c1c(Cl)n(Cc2ccc(Cl)cc2Cl)c2ccccc12. The summed E-state index contributed by atoms with van der Waals surface area (Å²) in [4.78, 5) is 17.4. The summed E-state index contributed by atoms with van der Waals surface area (Å²) >= 11 is 19.1. The Bertz CT molecular complexity index is 1460. The monoisotopic (exact) mass is 482 g/mol. The van der Waals surface area contributed by atoms with E-state index in [0.29, 0.717) is 27.5 Å². The van der Waals surface area contributed by atoms with Crippen LogP contribution in [0.2, 0.25) is 15.2 Å². The number of para-hydroxylation sites is 1. The van der Waals surface area contributed by atoms with Crippen LogP contribution in [0.15, 0.2) is 71.4 Å². The van der Waals surface area contributed by atoms with Crippen LogP contribution in [0.4, 0.5) is 0 Å². The summed E-state index contributed by atoms with van der Waals surface area (Å²) < 4.78 is 7.45. The van der Waals surface area contributed by atoms with Gasteiger partial charge in [0.15, 0.2) is 0 Å². The number of aromatic nitrogens is 4. The molecule has 9 heteroatoms. The van der Waals surface area contributed by atoms with Crippen LogP contribution < -0.4 is 0 Å². The van der Waals surface area contributed by atoms with Gasteiger partial charge in [-0.15, -0.1) is 10.2 Å². The van der Waals surface area contributed by atoms with Crippen molar-refractivity contribution >= 4 is 51.5 Å². The second kappa shape index (κ2) is 8.39. The molecular weight excluding hydrogens is 471 g/mol. The van der Waals surface area contributed by atoms with Gasteiger partial charge < -0.3 is 8.98 Å². The molecule has 2 aromatic carbocycles. The summed E-state index contributed by atoms with van der Waals surface area (Å²) in [5, 5.41) is 9.90. The highest BCUT2D eigenvalue weighted by Crippen LogP contribution is 2.34. The van der Waals surface area contributed by atoms with Crippen molar-refractivity contribution in [1.29, 1.82) is 0 Å². The fourth-order valence-electron chi connectivity index (χ4n) is 3.49. The Morgan fingerprint density at radius 1 is 1.00 bits per heavy atom. The first-order valence-corrected chi connectivity index (χ1v) is 10.7. The number of halogens is 3. The molecule has 0 aliphatic carbocycles. The maximum Gasteiger partial charge on any atom is 0.289 e. The summed E-state index contributed by atoms with van der Waals surface area (Å²) in [5.41, 5.74) is 2.49. The molecule has 158 valence electrons. The number of hydrogen-bond acceptors (Lipinski definition) is 5. The first-order valence-electron chi connectivity index (χ1n) is 9.52. The Balaban J connectivity index is 1.58. The molecule has 0 aliphatic heterocycles. The summed E-state index contributed by atoms with van der Waals surface area (Å²) in [6.45, 7) is 0.355. The highest BCUT2D eigenvalue weighted by atomic mass is 35.5. The van der Waals surface area contributed by atoms with Gasteiger partial charge in [-0.3, -0.25) is 9.78 Å². The van der Waals surface area contributed by atoms with Crippen molar-refractivity contribution in [2.45, 2.75) is 6.54 Å². The van der Waals surface area contributed by atoms with Crippen molar-refractivity contribution in [2.75, 3.05) is 0 Å². The molecule has 3 aromatic heterocycles. The Hall–Kier alpha value is -3.19. The minimum Gasteiger partial charge on any atom is -0.413 e. The average molecular weight is 484 g/mol. The van der Waals surface area contributed by atoms with Gasteiger partial charge in [0.2, 0.25) is 5.89 Å². The molecule has 0 fully saturated rings. The number of carbonyl (C=O) groups is 1. The first-order chi connectivity index (χ1) is 15.5. The standard InChI is InChI=1S/C23H13Cl3N4O2/c24-15-8-7-14(17(25)10-15)12-30-18-6-2-1-5-16(18)19(21(30)26)20(31)23-29-28-22(32-23)13-4-3-9-27-11-13/h1-11H,12H2. The number of fused-ring (bicyclic) bond motifs is 1. The Morgan fingerprint density at radius 2 is 1.84 bits per heavy atom. The third kappa shape index (κ3) is 3.66. The number of rotatable bonds is 5. The topological polar surface area (TPSA) is 73.8 Å². The highest BCUT2D eigenvalue weighted by Gasteiger charge is 2.27. The van der Waals surface area contributed by atoms with Crippen LogP contribution in [0.25, 0.3) is 22.4 Å². The molecule has 0 saturated carbocycles. The molecule has 0 aliphatic rings. The number of nitrogens with zero attached hydrogens (tertiary/aromatic N) is 4. The van der Waals surface area contributed by atoms with Gasteiger partial charge in [0, 0.05) is 27.8 Å². The van der Waals surface area contributed by atoms with Gasteiger partial charge in [-0.05, 0) is 35.9 Å². The van der Waals surface area contributed by atoms with Crippen LogP contribution in [-0.2, 0) is 6.54 Å². The minimum absolute atomic E-state index is 0.154. The zero-order valence-electron chi connectivity index (χ0n) is 16.3. The third-order valence-electron chi connectivity index (χ3n) is 5.01. The Morgan fingerprint density at radius 3 is 2.62 bits per heavy atom. The maximum absolute atomic E-state index is 13.3. The second-order valence-corrected chi connectivity index (χ2v) is 8.19. The first kappa shape index (κ1) is 20.7. The molecule has 3 heterocycles. The molecule has 0 saturated heterocycles. The number of benzene rings is 2. The molecule has 0 bridgehead atoms. The lowest BCUT2D eigenvalue weighted by Gasteiger charge is -2.09. The predicted molar refractivity (Wildman–Crippen MR) is 123 cm³/mol. The van der Waals surface area contributed by atoms with Crippen LogP contribution in [0.5, 0.6) is 0 Å². The van der Waals surface area contributed by atoms with E-state index in [9.17, 15) is 4.79 Å². The normalized spacial score (nSPS) is 11.2. The summed E-state index contributed by atoms with van der Waals surface area (Å²) in [7, 11) is 0. The zero-order valence-corrected chi connectivity index (χ0v) is 18.6. The minimum atomic E-state index is -0.463. The van der Waals surface area contributed by atoms with Crippen LogP contribution in [0.3, 0.4) is 0 Å². The molecule has 0 N–H and O–H groups in total. The van der Waals surface area contributed by atoms with Crippen molar-refractivity contribution < 1.29 is 9.21 Å². The number of ketones is 1. The van der Waals surface area contributed by atoms with Crippen LogP contribution in [0, 0.1) is 0 Å². The summed E-state index contributed by atoms with van der Waals surface area (Å²) in [5.74, 6) is -0.415. The van der Waals surface area contributed by atoms with Crippen molar-refractivity contribution in [3.05, 3.63) is 99.2 Å². The fourth-order valence-corrected chi connectivity index (χ4v) is 4.30. The zero-order chi connectivity index (χ0) is 22.2. The van der Waals surface area contributed by atoms with Crippen LogP contribution >= 0.6 is 34.8 Å². The van der Waals surface area contributed by atoms with E-state index in [4.69, 9.17) is 39.2 Å². The van der Waals surface area contributed by atoms with E-state index >= 15 is 0 Å². The van der Waals surface area contributed by atoms with Gasteiger partial charge in [0.1, 0.15) is 5.15 Å². The number of hydrogen-bond donors (Lipinski definition) is 0.